The van der Waals surface area contributed by atoms with Crippen LogP contribution >= 0.6 is 0 Å². The molecule has 0 aromatic heterocycles. The lowest BCUT2D eigenvalue weighted by atomic mass is 9.43. The largest absolute Gasteiger partial charge is 0.404 e. The van der Waals surface area contributed by atoms with Crippen molar-refractivity contribution in [1.82, 2.24) is 0 Å². The molecule has 6 aliphatic rings. The van der Waals surface area contributed by atoms with Crippen LogP contribution in [0.4, 0.5) is 0 Å². The molecule has 12 atom stereocenters. The molecule has 4 aliphatic carbocycles. The van der Waals surface area contributed by atoms with Gasteiger partial charge in [0.25, 0.3) is 8.32 Å². The van der Waals surface area contributed by atoms with Gasteiger partial charge in [0.2, 0.25) is 0 Å². The molecule has 2 aliphatic heterocycles. The standard InChI is InChI=1S/C50H68O5Si/c1-34-41-25-26-42-40-24-23-36-29-37(54-56(46(2,3)4,38-19-13-9-14-20-38)39-21-15-10-16-22-39)27-28-48(36,7)43(40)30-44(51)49(41,42)33-53-50(34)45(31-47(5,6)55-50)52-32-35-17-11-8-12-18-35/h8-22,34,36-37,40-45,51H,23-33H2,1-7H3/t34-,36-,37-,40-,41+,42-,43-,44+,45+,48-,49+,50+/m0/s1. The third kappa shape index (κ3) is 6.00. The lowest BCUT2D eigenvalue weighted by molar-refractivity contribution is -0.363. The van der Waals surface area contributed by atoms with Gasteiger partial charge in [0, 0.05) is 23.9 Å². The van der Waals surface area contributed by atoms with E-state index in [2.05, 4.69) is 139 Å². The predicted octanol–water partition coefficient (Wildman–Crippen LogP) is 9.69. The van der Waals surface area contributed by atoms with Crippen LogP contribution in [0.25, 0.3) is 0 Å². The third-order valence-corrected chi connectivity index (χ3v) is 22.0. The summed E-state index contributed by atoms with van der Waals surface area (Å²) in [4.78, 5) is 0. The van der Waals surface area contributed by atoms with Gasteiger partial charge < -0.3 is 23.7 Å². The highest BCUT2D eigenvalue weighted by molar-refractivity contribution is 6.99. The van der Waals surface area contributed by atoms with Gasteiger partial charge in [0.05, 0.1) is 24.9 Å². The van der Waals surface area contributed by atoms with Crippen molar-refractivity contribution >= 4 is 18.7 Å². The molecule has 0 radical (unpaired) electrons. The van der Waals surface area contributed by atoms with Gasteiger partial charge in [-0.05, 0) is 121 Å². The van der Waals surface area contributed by atoms with Crippen molar-refractivity contribution in [2.75, 3.05) is 6.61 Å². The van der Waals surface area contributed by atoms with Crippen LogP contribution in [0.1, 0.15) is 112 Å². The van der Waals surface area contributed by atoms with Crippen molar-refractivity contribution in [3.05, 3.63) is 96.6 Å². The summed E-state index contributed by atoms with van der Waals surface area (Å²) in [7, 11) is -2.63. The fourth-order valence-corrected chi connectivity index (χ4v) is 19.1. The summed E-state index contributed by atoms with van der Waals surface area (Å²) in [6.07, 6.45) is 9.68. The van der Waals surface area contributed by atoms with Crippen molar-refractivity contribution in [2.24, 2.45) is 46.3 Å². The molecule has 6 heteroatoms. The van der Waals surface area contributed by atoms with E-state index in [4.69, 9.17) is 18.6 Å². The van der Waals surface area contributed by atoms with Crippen LogP contribution in [0.5, 0.6) is 0 Å². The van der Waals surface area contributed by atoms with E-state index in [0.717, 1.165) is 32.1 Å². The van der Waals surface area contributed by atoms with Crippen molar-refractivity contribution in [1.29, 1.82) is 0 Å². The van der Waals surface area contributed by atoms with Crippen LogP contribution in [0.15, 0.2) is 91.0 Å². The van der Waals surface area contributed by atoms with Gasteiger partial charge in [0.1, 0.15) is 6.10 Å². The lowest BCUT2D eigenvalue weighted by Gasteiger charge is -2.65. The molecule has 0 unspecified atom stereocenters. The van der Waals surface area contributed by atoms with Gasteiger partial charge in [0.15, 0.2) is 5.79 Å². The SMILES string of the molecule is C[C@H]1[C@H]2CC[C@H]3[C@@H]4CC[C@H]5C[C@@H](O[Si](c6ccccc6)(c6ccccc6)C(C)(C)C)CC[C@]5(C)[C@H]4C[C@@H](O)[C@]23CO[C@@]12OC(C)(C)C[C@H]2OCc1ccccc1. The Morgan fingerprint density at radius 1 is 0.768 bits per heavy atom. The van der Waals surface area contributed by atoms with Crippen molar-refractivity contribution in [3.63, 3.8) is 0 Å². The monoisotopic (exact) mass is 776 g/mol. The second kappa shape index (κ2) is 14.2. The molecule has 5 nitrogen and oxygen atoms in total. The Bertz CT molecular complexity index is 1790. The molecule has 0 amide bonds. The smallest absolute Gasteiger partial charge is 0.261 e. The van der Waals surface area contributed by atoms with E-state index < -0.39 is 14.1 Å². The van der Waals surface area contributed by atoms with E-state index in [0.29, 0.717) is 42.8 Å². The number of benzene rings is 3. The minimum Gasteiger partial charge on any atom is -0.404 e. The molecule has 56 heavy (non-hydrogen) atoms. The van der Waals surface area contributed by atoms with E-state index in [1.165, 1.54) is 41.6 Å². The van der Waals surface area contributed by atoms with Crippen molar-refractivity contribution in [3.8, 4) is 0 Å². The molecule has 2 spiro atoms. The van der Waals surface area contributed by atoms with Crippen LogP contribution < -0.4 is 10.4 Å². The molecule has 4 saturated carbocycles. The summed E-state index contributed by atoms with van der Waals surface area (Å²) in [6.45, 7) is 17.7. The summed E-state index contributed by atoms with van der Waals surface area (Å²) in [5, 5.41) is 15.4. The average molecular weight is 777 g/mol. The first-order valence-corrected chi connectivity index (χ1v) is 24.1. The molecule has 0 bridgehead atoms. The number of hydrogen-bond donors (Lipinski definition) is 1. The summed E-state index contributed by atoms with van der Waals surface area (Å²) in [5.74, 6) is 1.98. The molecule has 302 valence electrons. The number of rotatable bonds is 7. The van der Waals surface area contributed by atoms with Crippen LogP contribution in [-0.2, 0) is 25.2 Å². The van der Waals surface area contributed by atoms with Crippen LogP contribution in [0.3, 0.4) is 0 Å². The summed E-state index contributed by atoms with van der Waals surface area (Å²) < 4.78 is 28.7. The van der Waals surface area contributed by atoms with E-state index in [-0.39, 0.29) is 45.7 Å². The molecule has 1 N–H and O–H groups in total. The first kappa shape index (κ1) is 39.2. The van der Waals surface area contributed by atoms with Crippen molar-refractivity contribution < 1.29 is 23.7 Å². The molecule has 9 rings (SSSR count). The van der Waals surface area contributed by atoms with Gasteiger partial charge >= 0.3 is 0 Å². The van der Waals surface area contributed by atoms with Crippen LogP contribution in [0, 0.1) is 46.3 Å². The maximum Gasteiger partial charge on any atom is 0.261 e. The molecule has 2 heterocycles. The van der Waals surface area contributed by atoms with E-state index in [1.807, 2.05) is 0 Å². The zero-order valence-corrected chi connectivity index (χ0v) is 36.2. The topological polar surface area (TPSA) is 57.2 Å². The molecule has 2 saturated heterocycles. The molecule has 6 fully saturated rings. The summed E-state index contributed by atoms with van der Waals surface area (Å²) >= 11 is 0. The van der Waals surface area contributed by atoms with E-state index in [9.17, 15) is 5.11 Å². The average Bonchev–Trinajstić information content (AvgIpc) is 3.72. The maximum absolute atomic E-state index is 12.7. The Hall–Kier alpha value is -2.32. The lowest BCUT2D eigenvalue weighted by Crippen LogP contribution is -2.69. The first-order valence-electron chi connectivity index (χ1n) is 22.2. The minimum absolute atomic E-state index is 0.0277. The van der Waals surface area contributed by atoms with Gasteiger partial charge in [-0.2, -0.15) is 0 Å². The second-order valence-corrected chi connectivity index (χ2v) is 25.3. The Morgan fingerprint density at radius 2 is 1.39 bits per heavy atom. The van der Waals surface area contributed by atoms with Gasteiger partial charge in [-0.15, -0.1) is 0 Å². The Morgan fingerprint density at radius 3 is 2.04 bits per heavy atom. The predicted molar refractivity (Wildman–Crippen MR) is 226 cm³/mol. The Labute approximate surface area is 338 Å². The molecule has 3 aromatic rings. The fraction of sp³-hybridized carbons (Fsp3) is 0.640. The number of aliphatic hydroxyl groups is 1. The van der Waals surface area contributed by atoms with Crippen molar-refractivity contribution in [2.45, 2.75) is 148 Å². The number of hydrogen-bond acceptors (Lipinski definition) is 5. The third-order valence-electron chi connectivity index (χ3n) is 16.9. The Balaban J connectivity index is 0.948. The number of ether oxygens (including phenoxy) is 3. The second-order valence-electron chi connectivity index (χ2n) is 21.0. The summed E-state index contributed by atoms with van der Waals surface area (Å²) in [5.41, 5.74) is 0.848. The highest BCUT2D eigenvalue weighted by Gasteiger charge is 2.72. The first-order chi connectivity index (χ1) is 26.7. The molecular formula is C50H68O5Si. The zero-order chi connectivity index (χ0) is 39.1. The highest BCUT2D eigenvalue weighted by atomic mass is 28.4. The summed E-state index contributed by atoms with van der Waals surface area (Å²) in [6, 6.07) is 32.8. The van der Waals surface area contributed by atoms with E-state index >= 15 is 0 Å². The minimum atomic E-state index is -2.63. The van der Waals surface area contributed by atoms with Gasteiger partial charge in [-0.1, -0.05) is 126 Å². The van der Waals surface area contributed by atoms with Crippen LogP contribution in [0.2, 0.25) is 5.04 Å². The fourth-order valence-electron chi connectivity index (χ4n) is 14.4. The number of aliphatic hydroxyl groups excluding tert-OH is 1. The van der Waals surface area contributed by atoms with Gasteiger partial charge in [-0.3, -0.25) is 0 Å². The number of fused-ring (bicyclic) bond motifs is 4. The highest BCUT2D eigenvalue weighted by Crippen LogP contribution is 2.71. The molecule has 3 aromatic carbocycles. The van der Waals surface area contributed by atoms with E-state index in [1.54, 1.807) is 0 Å². The van der Waals surface area contributed by atoms with Gasteiger partial charge in [-0.25, -0.2) is 0 Å². The Kier molecular flexibility index (Phi) is 9.90. The molecular weight excluding hydrogens is 709 g/mol. The van der Waals surface area contributed by atoms with Crippen LogP contribution in [-0.4, -0.2) is 49.7 Å². The normalized spacial score (nSPS) is 40.4. The zero-order valence-electron chi connectivity index (χ0n) is 35.2. The quantitative estimate of drug-likeness (QED) is 0.242. The maximum atomic E-state index is 12.7.